The Morgan fingerprint density at radius 2 is 2.26 bits per heavy atom. The monoisotopic (exact) mass is 257 g/mol. The molecule has 0 saturated heterocycles. The standard InChI is InChI=1S/C15H19N3O/c1-2-4-12(16)9-15(19)18-14-6-3-5-11-7-8-17-10-13(11)14/h3,5-8,10,12H,2,4,9,16H2,1H3,(H,18,19). The minimum Gasteiger partial charge on any atom is -0.327 e. The number of fused-ring (bicyclic) bond motifs is 1. The fourth-order valence-corrected chi connectivity index (χ4v) is 2.13. The number of amides is 1. The van der Waals surface area contributed by atoms with Gasteiger partial charge in [0.25, 0.3) is 0 Å². The van der Waals surface area contributed by atoms with Crippen LogP contribution >= 0.6 is 0 Å². The number of aromatic nitrogens is 1. The molecule has 1 atom stereocenters. The van der Waals surface area contributed by atoms with Gasteiger partial charge in [0, 0.05) is 30.2 Å². The average Bonchev–Trinajstić information content (AvgIpc) is 2.39. The maximum atomic E-state index is 11.9. The molecule has 19 heavy (non-hydrogen) atoms. The van der Waals surface area contributed by atoms with Crippen molar-refractivity contribution in [2.45, 2.75) is 32.2 Å². The Balaban J connectivity index is 2.11. The zero-order chi connectivity index (χ0) is 13.7. The number of nitrogens with one attached hydrogen (secondary N) is 1. The highest BCUT2D eigenvalue weighted by Gasteiger charge is 2.10. The number of anilines is 1. The van der Waals surface area contributed by atoms with E-state index in [0.29, 0.717) is 6.42 Å². The highest BCUT2D eigenvalue weighted by molar-refractivity contribution is 6.01. The minimum absolute atomic E-state index is 0.0442. The van der Waals surface area contributed by atoms with Crippen molar-refractivity contribution < 1.29 is 4.79 Å². The Morgan fingerprint density at radius 1 is 1.42 bits per heavy atom. The molecule has 0 aliphatic heterocycles. The van der Waals surface area contributed by atoms with Gasteiger partial charge in [0.2, 0.25) is 5.91 Å². The fraction of sp³-hybridized carbons (Fsp3) is 0.333. The molecule has 1 aromatic carbocycles. The Hall–Kier alpha value is -1.94. The summed E-state index contributed by atoms with van der Waals surface area (Å²) in [5, 5.41) is 4.92. The lowest BCUT2D eigenvalue weighted by Crippen LogP contribution is -2.26. The van der Waals surface area contributed by atoms with Gasteiger partial charge < -0.3 is 11.1 Å². The first-order valence-electron chi connectivity index (χ1n) is 6.59. The van der Waals surface area contributed by atoms with Gasteiger partial charge >= 0.3 is 0 Å². The van der Waals surface area contributed by atoms with Gasteiger partial charge in [-0.05, 0) is 23.9 Å². The Bertz CT molecular complexity index is 563. The first-order chi connectivity index (χ1) is 9.20. The lowest BCUT2D eigenvalue weighted by molar-refractivity contribution is -0.116. The Labute approximate surface area is 113 Å². The predicted molar refractivity (Wildman–Crippen MR) is 77.9 cm³/mol. The molecule has 100 valence electrons. The van der Waals surface area contributed by atoms with Gasteiger partial charge in [-0.25, -0.2) is 0 Å². The highest BCUT2D eigenvalue weighted by Crippen LogP contribution is 2.22. The molecule has 1 unspecified atom stereocenters. The molecule has 0 radical (unpaired) electrons. The lowest BCUT2D eigenvalue weighted by Gasteiger charge is -2.12. The third-order valence-electron chi connectivity index (χ3n) is 3.06. The van der Waals surface area contributed by atoms with Crippen molar-refractivity contribution in [1.29, 1.82) is 0 Å². The van der Waals surface area contributed by atoms with Crippen LogP contribution in [0, 0.1) is 0 Å². The molecule has 0 spiro atoms. The van der Waals surface area contributed by atoms with Crippen LogP contribution in [-0.4, -0.2) is 16.9 Å². The van der Waals surface area contributed by atoms with Crippen molar-refractivity contribution in [2.75, 3.05) is 5.32 Å². The molecule has 0 aliphatic carbocycles. The van der Waals surface area contributed by atoms with Crippen molar-refractivity contribution in [3.8, 4) is 0 Å². The predicted octanol–water partition coefficient (Wildman–Crippen LogP) is 2.69. The summed E-state index contributed by atoms with van der Waals surface area (Å²) < 4.78 is 0. The van der Waals surface area contributed by atoms with E-state index in [1.54, 1.807) is 12.4 Å². The number of rotatable bonds is 5. The maximum Gasteiger partial charge on any atom is 0.225 e. The topological polar surface area (TPSA) is 68.0 Å². The summed E-state index contributed by atoms with van der Waals surface area (Å²) in [5.41, 5.74) is 6.67. The summed E-state index contributed by atoms with van der Waals surface area (Å²) in [7, 11) is 0. The van der Waals surface area contributed by atoms with Crippen LogP contribution in [0.3, 0.4) is 0 Å². The summed E-state index contributed by atoms with van der Waals surface area (Å²) in [6, 6.07) is 7.65. The second kappa shape index (κ2) is 6.29. The van der Waals surface area contributed by atoms with E-state index in [2.05, 4.69) is 17.2 Å². The molecule has 0 bridgehead atoms. The van der Waals surface area contributed by atoms with E-state index in [-0.39, 0.29) is 11.9 Å². The van der Waals surface area contributed by atoms with E-state index < -0.39 is 0 Å². The number of hydrogen-bond donors (Lipinski definition) is 2. The molecule has 0 saturated carbocycles. The summed E-state index contributed by atoms with van der Waals surface area (Å²) in [6.45, 7) is 2.06. The quantitative estimate of drug-likeness (QED) is 0.865. The van der Waals surface area contributed by atoms with Crippen molar-refractivity contribution in [1.82, 2.24) is 4.98 Å². The molecular weight excluding hydrogens is 238 g/mol. The van der Waals surface area contributed by atoms with Crippen LogP contribution < -0.4 is 11.1 Å². The van der Waals surface area contributed by atoms with E-state index in [1.807, 2.05) is 24.3 Å². The molecule has 1 heterocycles. The molecule has 0 aliphatic rings. The third kappa shape index (κ3) is 3.51. The van der Waals surface area contributed by atoms with Gasteiger partial charge in [0.1, 0.15) is 0 Å². The number of pyridine rings is 1. The molecule has 1 aromatic heterocycles. The van der Waals surface area contributed by atoms with Gasteiger partial charge in [-0.15, -0.1) is 0 Å². The van der Waals surface area contributed by atoms with Gasteiger partial charge in [0.15, 0.2) is 0 Å². The SMILES string of the molecule is CCCC(N)CC(=O)Nc1cccc2ccncc12. The number of carbonyl (C=O) groups excluding carboxylic acids is 1. The van der Waals surface area contributed by atoms with E-state index >= 15 is 0 Å². The number of carbonyl (C=O) groups is 1. The van der Waals surface area contributed by atoms with E-state index in [1.165, 1.54) is 0 Å². The summed E-state index contributed by atoms with van der Waals surface area (Å²) in [4.78, 5) is 16.0. The van der Waals surface area contributed by atoms with Crippen LogP contribution in [-0.2, 0) is 4.79 Å². The van der Waals surface area contributed by atoms with Gasteiger partial charge in [-0.3, -0.25) is 9.78 Å². The largest absolute Gasteiger partial charge is 0.327 e. The fourth-order valence-electron chi connectivity index (χ4n) is 2.13. The first kappa shape index (κ1) is 13.5. The lowest BCUT2D eigenvalue weighted by atomic mass is 10.1. The molecule has 4 nitrogen and oxygen atoms in total. The van der Waals surface area contributed by atoms with Crippen molar-refractivity contribution >= 4 is 22.4 Å². The van der Waals surface area contributed by atoms with E-state index in [0.717, 1.165) is 29.3 Å². The smallest absolute Gasteiger partial charge is 0.225 e. The molecule has 2 rings (SSSR count). The normalized spacial score (nSPS) is 12.3. The Kier molecular flexibility index (Phi) is 4.47. The molecule has 3 N–H and O–H groups in total. The maximum absolute atomic E-state index is 11.9. The summed E-state index contributed by atoms with van der Waals surface area (Å²) >= 11 is 0. The summed E-state index contributed by atoms with van der Waals surface area (Å²) in [6.07, 6.45) is 5.71. The van der Waals surface area contributed by atoms with Crippen molar-refractivity contribution in [3.63, 3.8) is 0 Å². The van der Waals surface area contributed by atoms with Crippen LogP contribution in [0.15, 0.2) is 36.7 Å². The number of nitrogens with two attached hydrogens (primary N) is 1. The highest BCUT2D eigenvalue weighted by atomic mass is 16.1. The molecule has 0 fully saturated rings. The second-order valence-corrected chi connectivity index (χ2v) is 4.70. The van der Waals surface area contributed by atoms with Crippen LogP contribution in [0.5, 0.6) is 0 Å². The first-order valence-corrected chi connectivity index (χ1v) is 6.59. The zero-order valence-electron chi connectivity index (χ0n) is 11.1. The van der Waals surface area contributed by atoms with Crippen LogP contribution in [0.4, 0.5) is 5.69 Å². The molecule has 4 heteroatoms. The molecular formula is C15H19N3O. The molecule has 1 amide bonds. The van der Waals surface area contributed by atoms with Crippen LogP contribution in [0.2, 0.25) is 0 Å². The van der Waals surface area contributed by atoms with Gasteiger partial charge in [0.05, 0.1) is 5.69 Å². The van der Waals surface area contributed by atoms with E-state index in [9.17, 15) is 4.79 Å². The number of hydrogen-bond acceptors (Lipinski definition) is 3. The van der Waals surface area contributed by atoms with Crippen LogP contribution in [0.1, 0.15) is 26.2 Å². The minimum atomic E-state index is -0.0712. The number of benzene rings is 1. The van der Waals surface area contributed by atoms with Gasteiger partial charge in [-0.1, -0.05) is 25.5 Å². The van der Waals surface area contributed by atoms with Gasteiger partial charge in [-0.2, -0.15) is 0 Å². The second-order valence-electron chi connectivity index (χ2n) is 4.70. The zero-order valence-corrected chi connectivity index (χ0v) is 11.1. The summed E-state index contributed by atoms with van der Waals surface area (Å²) in [5.74, 6) is -0.0442. The Morgan fingerprint density at radius 3 is 3.05 bits per heavy atom. The van der Waals surface area contributed by atoms with Crippen LogP contribution in [0.25, 0.3) is 10.8 Å². The average molecular weight is 257 g/mol. The van der Waals surface area contributed by atoms with Crippen molar-refractivity contribution in [3.05, 3.63) is 36.7 Å². The third-order valence-corrected chi connectivity index (χ3v) is 3.06. The van der Waals surface area contributed by atoms with E-state index in [4.69, 9.17) is 5.73 Å². The molecule has 2 aromatic rings. The number of nitrogens with zero attached hydrogens (tertiary/aromatic N) is 1. The van der Waals surface area contributed by atoms with Crippen molar-refractivity contribution in [2.24, 2.45) is 5.73 Å².